The summed E-state index contributed by atoms with van der Waals surface area (Å²) in [6.07, 6.45) is 10.3. The molecule has 2 heterocycles. The van der Waals surface area contributed by atoms with Crippen LogP contribution in [0.1, 0.15) is 38.2 Å². The molecule has 23 heavy (non-hydrogen) atoms. The Morgan fingerprint density at radius 2 is 2.22 bits per heavy atom. The normalized spacial score (nSPS) is 20.7. The number of piperidine rings is 1. The van der Waals surface area contributed by atoms with E-state index in [1.54, 1.807) is 0 Å². The first-order valence-electron chi connectivity index (χ1n) is 9.01. The second kappa shape index (κ2) is 7.89. The Labute approximate surface area is 139 Å². The van der Waals surface area contributed by atoms with Gasteiger partial charge in [0.2, 0.25) is 0 Å². The van der Waals surface area contributed by atoms with Crippen LogP contribution >= 0.6 is 0 Å². The van der Waals surface area contributed by atoms with Crippen molar-refractivity contribution in [3.63, 3.8) is 0 Å². The molecular weight excluding hydrogens is 282 g/mol. The molecule has 3 rings (SSSR count). The molecule has 3 nitrogen and oxygen atoms in total. The molecule has 0 aliphatic carbocycles. The van der Waals surface area contributed by atoms with Crippen LogP contribution in [-0.4, -0.2) is 35.6 Å². The molecule has 0 amide bonds. The van der Waals surface area contributed by atoms with Gasteiger partial charge in [-0.2, -0.15) is 0 Å². The first kappa shape index (κ1) is 16.4. The van der Waals surface area contributed by atoms with Crippen molar-refractivity contribution in [2.45, 2.75) is 45.1 Å². The molecule has 1 fully saturated rings. The smallest absolute Gasteiger partial charge is 0.0346 e. The SMILES string of the molecule is C[C@H](N)CN1CCCC(CCCc2ccc3cnccc3c2)C1. The third-order valence-corrected chi connectivity index (χ3v) is 4.93. The van der Waals surface area contributed by atoms with E-state index in [9.17, 15) is 0 Å². The van der Waals surface area contributed by atoms with Crippen LogP contribution in [-0.2, 0) is 6.42 Å². The van der Waals surface area contributed by atoms with E-state index in [-0.39, 0.29) is 0 Å². The van der Waals surface area contributed by atoms with Gasteiger partial charge in [-0.05, 0) is 68.5 Å². The zero-order valence-corrected chi connectivity index (χ0v) is 14.2. The molecule has 0 bridgehead atoms. The maximum Gasteiger partial charge on any atom is 0.0346 e. The van der Waals surface area contributed by atoms with Crippen molar-refractivity contribution >= 4 is 10.8 Å². The van der Waals surface area contributed by atoms with Crippen LogP contribution in [0.5, 0.6) is 0 Å². The van der Waals surface area contributed by atoms with E-state index in [1.165, 1.54) is 61.5 Å². The molecule has 2 aromatic rings. The topological polar surface area (TPSA) is 42.1 Å². The lowest BCUT2D eigenvalue weighted by atomic mass is 9.91. The molecule has 124 valence electrons. The van der Waals surface area contributed by atoms with Crippen molar-refractivity contribution in [2.75, 3.05) is 19.6 Å². The number of hydrogen-bond donors (Lipinski definition) is 1. The van der Waals surface area contributed by atoms with Gasteiger partial charge in [0.15, 0.2) is 0 Å². The molecule has 2 atom stereocenters. The third kappa shape index (κ3) is 4.76. The van der Waals surface area contributed by atoms with Crippen LogP contribution in [0, 0.1) is 5.92 Å². The summed E-state index contributed by atoms with van der Waals surface area (Å²) in [7, 11) is 0. The van der Waals surface area contributed by atoms with Crippen molar-refractivity contribution in [1.29, 1.82) is 0 Å². The molecule has 0 spiro atoms. The van der Waals surface area contributed by atoms with Crippen molar-refractivity contribution in [1.82, 2.24) is 9.88 Å². The van der Waals surface area contributed by atoms with Gasteiger partial charge in [0.05, 0.1) is 0 Å². The van der Waals surface area contributed by atoms with Crippen molar-refractivity contribution in [3.05, 3.63) is 42.2 Å². The summed E-state index contributed by atoms with van der Waals surface area (Å²) in [5.41, 5.74) is 7.40. The van der Waals surface area contributed by atoms with Crippen molar-refractivity contribution in [2.24, 2.45) is 11.7 Å². The lowest BCUT2D eigenvalue weighted by Gasteiger charge is -2.33. The molecule has 2 N–H and O–H groups in total. The maximum atomic E-state index is 5.94. The quantitative estimate of drug-likeness (QED) is 0.886. The Hall–Kier alpha value is -1.45. The summed E-state index contributed by atoms with van der Waals surface area (Å²) in [5, 5.41) is 2.54. The summed E-state index contributed by atoms with van der Waals surface area (Å²) >= 11 is 0. The van der Waals surface area contributed by atoms with E-state index < -0.39 is 0 Å². The first-order chi connectivity index (χ1) is 11.2. The number of nitrogens with two attached hydrogens (primary N) is 1. The number of aromatic nitrogens is 1. The molecule has 3 heteroatoms. The minimum atomic E-state index is 0.292. The van der Waals surface area contributed by atoms with Crippen LogP contribution in [0.4, 0.5) is 0 Å². The van der Waals surface area contributed by atoms with E-state index in [4.69, 9.17) is 5.73 Å². The average Bonchev–Trinajstić information content (AvgIpc) is 2.54. The zero-order chi connectivity index (χ0) is 16.1. The number of nitrogens with zero attached hydrogens (tertiary/aromatic N) is 2. The molecule has 0 saturated carbocycles. The Bertz CT molecular complexity index is 623. The maximum absolute atomic E-state index is 5.94. The highest BCUT2D eigenvalue weighted by Crippen LogP contribution is 2.23. The average molecular weight is 311 g/mol. The van der Waals surface area contributed by atoms with Crippen LogP contribution in [0.2, 0.25) is 0 Å². The minimum Gasteiger partial charge on any atom is -0.327 e. The first-order valence-corrected chi connectivity index (χ1v) is 9.01. The van der Waals surface area contributed by atoms with E-state index >= 15 is 0 Å². The number of fused-ring (bicyclic) bond motifs is 1. The minimum absolute atomic E-state index is 0.292. The van der Waals surface area contributed by atoms with Gasteiger partial charge in [-0.1, -0.05) is 18.2 Å². The Kier molecular flexibility index (Phi) is 5.63. The van der Waals surface area contributed by atoms with Gasteiger partial charge in [0.25, 0.3) is 0 Å². The lowest BCUT2D eigenvalue weighted by Crippen LogP contribution is -2.41. The van der Waals surface area contributed by atoms with Crippen LogP contribution < -0.4 is 5.73 Å². The van der Waals surface area contributed by atoms with Crippen LogP contribution in [0.15, 0.2) is 36.7 Å². The van der Waals surface area contributed by atoms with Gasteiger partial charge in [-0.25, -0.2) is 0 Å². The third-order valence-electron chi connectivity index (χ3n) is 4.93. The van der Waals surface area contributed by atoms with E-state index in [0.717, 1.165) is 12.5 Å². The van der Waals surface area contributed by atoms with E-state index in [2.05, 4.69) is 41.1 Å². The number of aryl methyl sites for hydroxylation is 1. The largest absolute Gasteiger partial charge is 0.327 e. The predicted molar refractivity (Wildman–Crippen MR) is 97.5 cm³/mol. The molecule has 1 saturated heterocycles. The Morgan fingerprint density at radius 1 is 1.30 bits per heavy atom. The fourth-order valence-electron chi connectivity index (χ4n) is 3.84. The zero-order valence-electron chi connectivity index (χ0n) is 14.2. The number of pyridine rings is 1. The van der Waals surface area contributed by atoms with Gasteiger partial charge >= 0.3 is 0 Å². The fourth-order valence-corrected chi connectivity index (χ4v) is 3.84. The highest BCUT2D eigenvalue weighted by atomic mass is 15.1. The summed E-state index contributed by atoms with van der Waals surface area (Å²) in [4.78, 5) is 6.74. The summed E-state index contributed by atoms with van der Waals surface area (Å²) in [6.45, 7) is 5.63. The summed E-state index contributed by atoms with van der Waals surface area (Å²) in [6, 6.07) is 9.17. The van der Waals surface area contributed by atoms with E-state index in [1.807, 2.05) is 12.4 Å². The second-order valence-electron chi connectivity index (χ2n) is 7.19. The van der Waals surface area contributed by atoms with Crippen molar-refractivity contribution < 1.29 is 0 Å². The monoisotopic (exact) mass is 311 g/mol. The van der Waals surface area contributed by atoms with Crippen molar-refractivity contribution in [3.8, 4) is 0 Å². The molecule has 1 aliphatic rings. The summed E-state index contributed by atoms with van der Waals surface area (Å²) in [5.74, 6) is 0.854. The molecule has 1 aromatic heterocycles. The van der Waals surface area contributed by atoms with Gasteiger partial charge in [-0.3, -0.25) is 4.98 Å². The fraction of sp³-hybridized carbons (Fsp3) is 0.550. The molecule has 1 aliphatic heterocycles. The van der Waals surface area contributed by atoms with Crippen LogP contribution in [0.25, 0.3) is 10.8 Å². The van der Waals surface area contributed by atoms with Gasteiger partial charge in [0, 0.05) is 36.9 Å². The Balaban J connectivity index is 1.48. The summed E-state index contributed by atoms with van der Waals surface area (Å²) < 4.78 is 0. The van der Waals surface area contributed by atoms with Gasteiger partial charge in [-0.15, -0.1) is 0 Å². The molecule has 0 radical (unpaired) electrons. The van der Waals surface area contributed by atoms with E-state index in [0.29, 0.717) is 6.04 Å². The molecule has 1 aromatic carbocycles. The molecule has 1 unspecified atom stereocenters. The highest BCUT2D eigenvalue weighted by molar-refractivity contribution is 5.81. The standard InChI is InChI=1S/C20H29N3/c1-16(21)14-23-11-3-6-18(15-23)5-2-4-17-7-8-20-13-22-10-9-19(20)12-17/h7-10,12-13,16,18H,2-6,11,14-15,21H2,1H3/t16-,18?/m0/s1. The molecular formula is C20H29N3. The second-order valence-corrected chi connectivity index (χ2v) is 7.19. The number of rotatable bonds is 6. The number of benzene rings is 1. The lowest BCUT2D eigenvalue weighted by molar-refractivity contribution is 0.161. The van der Waals surface area contributed by atoms with Gasteiger partial charge < -0.3 is 10.6 Å². The number of likely N-dealkylation sites (tertiary alicyclic amines) is 1. The number of hydrogen-bond acceptors (Lipinski definition) is 3. The highest BCUT2D eigenvalue weighted by Gasteiger charge is 2.19. The van der Waals surface area contributed by atoms with Crippen LogP contribution in [0.3, 0.4) is 0 Å². The predicted octanol–water partition coefficient (Wildman–Crippen LogP) is 3.62. The van der Waals surface area contributed by atoms with Gasteiger partial charge in [0.1, 0.15) is 0 Å². The Morgan fingerprint density at radius 3 is 3.09 bits per heavy atom.